The van der Waals surface area contributed by atoms with Crippen molar-refractivity contribution >= 4 is 33.2 Å². The van der Waals surface area contributed by atoms with Gasteiger partial charge in [-0.2, -0.15) is 0 Å². The van der Waals surface area contributed by atoms with Crippen LogP contribution in [0, 0.1) is 5.92 Å². The lowest BCUT2D eigenvalue weighted by molar-refractivity contribution is -0.143. The fourth-order valence-corrected chi connectivity index (χ4v) is 5.46. The molecule has 1 aliphatic heterocycles. The molecule has 4 unspecified atom stereocenters. The summed E-state index contributed by atoms with van der Waals surface area (Å²) in [6.07, 6.45) is 5.69. The van der Waals surface area contributed by atoms with Crippen LogP contribution in [0.4, 0.5) is 0 Å². The van der Waals surface area contributed by atoms with Gasteiger partial charge < -0.3 is 5.11 Å². The first-order chi connectivity index (χ1) is 9.58. The Morgan fingerprint density at radius 3 is 2.85 bits per heavy atom. The lowest BCUT2D eigenvalue weighted by Gasteiger charge is -2.36. The summed E-state index contributed by atoms with van der Waals surface area (Å²) in [7, 11) is 0. The van der Waals surface area contributed by atoms with Gasteiger partial charge >= 0.3 is 5.97 Å². The minimum absolute atomic E-state index is 0.195. The van der Waals surface area contributed by atoms with Crippen molar-refractivity contribution in [2.75, 3.05) is 0 Å². The number of carboxylic acids is 1. The van der Waals surface area contributed by atoms with Crippen molar-refractivity contribution in [3.63, 3.8) is 0 Å². The summed E-state index contributed by atoms with van der Waals surface area (Å²) in [6.45, 7) is 2.16. The van der Waals surface area contributed by atoms with Gasteiger partial charge in [-0.15, -0.1) is 11.3 Å². The molecule has 3 rings (SSSR count). The fourth-order valence-electron chi connectivity index (χ4n) is 3.98. The van der Waals surface area contributed by atoms with Crippen LogP contribution in [0.2, 0.25) is 0 Å². The van der Waals surface area contributed by atoms with Gasteiger partial charge in [-0.25, -0.2) is 0 Å². The van der Waals surface area contributed by atoms with E-state index < -0.39 is 5.97 Å². The lowest BCUT2D eigenvalue weighted by atomic mass is 9.84. The normalized spacial score (nSPS) is 32.0. The average molecular weight is 358 g/mol. The molecule has 1 N–H and O–H groups in total. The molecular formula is C15H20BrNO2S. The van der Waals surface area contributed by atoms with Crippen molar-refractivity contribution in [3.8, 4) is 0 Å². The molecule has 1 saturated heterocycles. The zero-order chi connectivity index (χ0) is 14.3. The Labute approximate surface area is 132 Å². The Bertz CT molecular complexity index is 504. The second-order valence-corrected chi connectivity index (χ2v) is 8.46. The van der Waals surface area contributed by atoms with Crippen LogP contribution in [0.25, 0.3) is 0 Å². The zero-order valence-corrected chi connectivity index (χ0v) is 14.0. The molecule has 0 amide bonds. The highest BCUT2D eigenvalue weighted by Gasteiger charge is 2.47. The van der Waals surface area contributed by atoms with E-state index in [1.165, 1.54) is 24.1 Å². The third-order valence-corrected chi connectivity index (χ3v) is 6.67. The third kappa shape index (κ3) is 2.55. The van der Waals surface area contributed by atoms with Crippen LogP contribution in [0.1, 0.15) is 49.9 Å². The zero-order valence-electron chi connectivity index (χ0n) is 11.6. The van der Waals surface area contributed by atoms with Gasteiger partial charge in [-0.1, -0.05) is 12.8 Å². The largest absolute Gasteiger partial charge is 0.480 e. The van der Waals surface area contributed by atoms with Crippen molar-refractivity contribution < 1.29 is 9.90 Å². The number of fused-ring (bicyclic) bond motifs is 1. The quantitative estimate of drug-likeness (QED) is 0.876. The van der Waals surface area contributed by atoms with Crippen molar-refractivity contribution in [2.24, 2.45) is 5.92 Å². The molecule has 2 aliphatic rings. The predicted octanol–water partition coefficient (Wildman–Crippen LogP) is 4.29. The summed E-state index contributed by atoms with van der Waals surface area (Å²) in [4.78, 5) is 15.2. The molecule has 2 fully saturated rings. The van der Waals surface area contributed by atoms with E-state index in [4.69, 9.17) is 0 Å². The molecule has 1 saturated carbocycles. The molecule has 0 spiro atoms. The van der Waals surface area contributed by atoms with Crippen LogP contribution in [0.3, 0.4) is 0 Å². The number of rotatable bonds is 3. The summed E-state index contributed by atoms with van der Waals surface area (Å²) in [5.41, 5.74) is 0. The van der Waals surface area contributed by atoms with E-state index in [9.17, 15) is 9.90 Å². The maximum absolute atomic E-state index is 11.6. The first kappa shape index (κ1) is 14.5. The van der Waals surface area contributed by atoms with E-state index in [2.05, 4.69) is 39.9 Å². The number of thiophene rings is 1. The standard InChI is InChI=1S/C15H20BrNO2S/c1-9(13-6-7-14(16)20-13)17-11-5-3-2-4-10(11)8-12(17)15(18)19/h6-7,9-12H,2-5,8H2,1H3,(H,18,19). The maximum Gasteiger partial charge on any atom is 0.320 e. The maximum atomic E-state index is 11.6. The number of nitrogens with zero attached hydrogens (tertiary/aromatic N) is 1. The van der Waals surface area contributed by atoms with E-state index in [0.717, 1.165) is 16.6 Å². The van der Waals surface area contributed by atoms with Gasteiger partial charge in [0.15, 0.2) is 0 Å². The first-order valence-corrected chi connectivity index (χ1v) is 8.94. The number of aliphatic carboxylic acids is 1. The second kappa shape index (κ2) is 5.78. The monoisotopic (exact) mass is 357 g/mol. The minimum atomic E-state index is -0.651. The molecule has 3 nitrogen and oxygen atoms in total. The van der Waals surface area contributed by atoms with Crippen LogP contribution in [0.5, 0.6) is 0 Å². The van der Waals surface area contributed by atoms with Gasteiger partial charge in [0.1, 0.15) is 6.04 Å². The van der Waals surface area contributed by atoms with Gasteiger partial charge in [-0.3, -0.25) is 9.69 Å². The van der Waals surface area contributed by atoms with Crippen molar-refractivity contribution in [1.82, 2.24) is 4.90 Å². The van der Waals surface area contributed by atoms with Crippen molar-refractivity contribution in [3.05, 3.63) is 20.8 Å². The molecule has 1 aliphatic carbocycles. The lowest BCUT2D eigenvalue weighted by Crippen LogP contribution is -2.43. The van der Waals surface area contributed by atoms with E-state index in [1.54, 1.807) is 11.3 Å². The van der Waals surface area contributed by atoms with Gasteiger partial charge in [0.2, 0.25) is 0 Å². The SMILES string of the molecule is CC(c1ccc(Br)s1)N1C(C(=O)O)CC2CCCCC21. The first-order valence-electron chi connectivity index (χ1n) is 7.33. The van der Waals surface area contributed by atoms with Gasteiger partial charge in [0.25, 0.3) is 0 Å². The van der Waals surface area contributed by atoms with Crippen LogP contribution in [0.15, 0.2) is 15.9 Å². The van der Waals surface area contributed by atoms with E-state index >= 15 is 0 Å². The number of halogens is 1. The third-order valence-electron chi connectivity index (χ3n) is 4.88. The van der Waals surface area contributed by atoms with Crippen molar-refractivity contribution in [2.45, 2.75) is 57.2 Å². The highest BCUT2D eigenvalue weighted by Crippen LogP contribution is 2.45. The Morgan fingerprint density at radius 2 is 2.20 bits per heavy atom. The Hall–Kier alpha value is -0.390. The molecule has 2 heterocycles. The number of hydrogen-bond donors (Lipinski definition) is 1. The van der Waals surface area contributed by atoms with Crippen molar-refractivity contribution in [1.29, 1.82) is 0 Å². The molecule has 5 heteroatoms. The molecule has 0 aromatic carbocycles. The molecular weight excluding hydrogens is 338 g/mol. The smallest absolute Gasteiger partial charge is 0.320 e. The minimum Gasteiger partial charge on any atom is -0.480 e. The van der Waals surface area contributed by atoms with E-state index in [-0.39, 0.29) is 12.1 Å². The number of carboxylic acid groups (broad SMARTS) is 1. The number of likely N-dealkylation sites (tertiary alicyclic amines) is 1. The van der Waals surface area contributed by atoms with Crippen LogP contribution < -0.4 is 0 Å². The summed E-state index contributed by atoms with van der Waals surface area (Å²) < 4.78 is 1.12. The van der Waals surface area contributed by atoms with Crippen LogP contribution >= 0.6 is 27.3 Å². The average Bonchev–Trinajstić information content (AvgIpc) is 3.01. The molecule has 1 aromatic rings. The Kier molecular flexibility index (Phi) is 4.20. The predicted molar refractivity (Wildman–Crippen MR) is 84.1 cm³/mol. The van der Waals surface area contributed by atoms with Crippen LogP contribution in [-0.4, -0.2) is 28.1 Å². The summed E-state index contributed by atoms with van der Waals surface area (Å²) in [5.74, 6) is -0.0717. The second-order valence-electron chi connectivity index (χ2n) is 5.97. The molecule has 4 atom stereocenters. The summed E-state index contributed by atoms with van der Waals surface area (Å²) in [5, 5.41) is 9.58. The van der Waals surface area contributed by atoms with Gasteiger partial charge in [0.05, 0.1) is 3.79 Å². The van der Waals surface area contributed by atoms with E-state index in [0.29, 0.717) is 12.0 Å². The highest BCUT2D eigenvalue weighted by molar-refractivity contribution is 9.11. The summed E-state index contributed by atoms with van der Waals surface area (Å²) >= 11 is 5.22. The van der Waals surface area contributed by atoms with Gasteiger partial charge in [0, 0.05) is 17.0 Å². The van der Waals surface area contributed by atoms with Crippen LogP contribution in [-0.2, 0) is 4.79 Å². The highest BCUT2D eigenvalue weighted by atomic mass is 79.9. The number of carbonyl (C=O) groups is 1. The molecule has 110 valence electrons. The Morgan fingerprint density at radius 1 is 1.45 bits per heavy atom. The summed E-state index contributed by atoms with van der Waals surface area (Å²) in [6, 6.07) is 4.52. The molecule has 20 heavy (non-hydrogen) atoms. The molecule has 0 radical (unpaired) electrons. The number of hydrogen-bond acceptors (Lipinski definition) is 3. The Balaban J connectivity index is 1.88. The van der Waals surface area contributed by atoms with E-state index in [1.807, 2.05) is 0 Å². The molecule has 0 bridgehead atoms. The molecule has 1 aromatic heterocycles. The fraction of sp³-hybridized carbons (Fsp3) is 0.667. The topological polar surface area (TPSA) is 40.5 Å². The van der Waals surface area contributed by atoms with Gasteiger partial charge in [-0.05, 0) is 60.2 Å².